The smallest absolute Gasteiger partial charge is 0.0322 e. The van der Waals surface area contributed by atoms with Crippen LogP contribution >= 0.6 is 0 Å². The summed E-state index contributed by atoms with van der Waals surface area (Å²) < 4.78 is 0. The van der Waals surface area contributed by atoms with E-state index in [4.69, 9.17) is 0 Å². The van der Waals surface area contributed by atoms with Gasteiger partial charge in [-0.05, 0) is 30.7 Å². The molecule has 1 aliphatic rings. The third-order valence-electron chi connectivity index (χ3n) is 4.29. The summed E-state index contributed by atoms with van der Waals surface area (Å²) in [4.78, 5) is 0. The van der Waals surface area contributed by atoms with Gasteiger partial charge in [-0.1, -0.05) is 69.9 Å². The van der Waals surface area contributed by atoms with Gasteiger partial charge in [0.25, 0.3) is 0 Å². The van der Waals surface area contributed by atoms with Gasteiger partial charge in [-0.2, -0.15) is 0 Å². The zero-order valence-corrected chi connectivity index (χ0v) is 12.6. The van der Waals surface area contributed by atoms with Crippen LogP contribution < -0.4 is 5.32 Å². The van der Waals surface area contributed by atoms with Gasteiger partial charge in [-0.15, -0.1) is 0 Å². The van der Waals surface area contributed by atoms with Gasteiger partial charge in [-0.25, -0.2) is 0 Å². The molecule has 0 aromatic heterocycles. The maximum absolute atomic E-state index is 3.93. The van der Waals surface area contributed by atoms with Gasteiger partial charge in [-0.3, -0.25) is 0 Å². The first-order valence-corrected chi connectivity index (χ1v) is 8.14. The predicted octanol–water partition coefficient (Wildman–Crippen LogP) is 5.09. The largest absolute Gasteiger partial charge is 0.307 e. The highest BCUT2D eigenvalue weighted by molar-refractivity contribution is 5.19. The van der Waals surface area contributed by atoms with Crippen LogP contribution in [-0.2, 0) is 0 Å². The van der Waals surface area contributed by atoms with E-state index in [0.29, 0.717) is 12.1 Å². The van der Waals surface area contributed by atoms with Crippen molar-refractivity contribution in [1.82, 2.24) is 5.32 Å². The lowest BCUT2D eigenvalue weighted by Crippen LogP contribution is -2.33. The maximum atomic E-state index is 3.93. The molecule has 0 aliphatic heterocycles. The summed E-state index contributed by atoms with van der Waals surface area (Å²) in [5, 5.41) is 3.93. The van der Waals surface area contributed by atoms with Crippen molar-refractivity contribution < 1.29 is 0 Å². The summed E-state index contributed by atoms with van der Waals surface area (Å²) >= 11 is 0. The second-order valence-electron chi connectivity index (χ2n) is 6.06. The molecule has 19 heavy (non-hydrogen) atoms. The Bertz CT molecular complexity index is 342. The molecule has 1 aliphatic carbocycles. The minimum atomic E-state index is 0.546. The van der Waals surface area contributed by atoms with E-state index in [-0.39, 0.29) is 0 Å². The maximum Gasteiger partial charge on any atom is 0.0322 e. The molecule has 2 rings (SSSR count). The standard InChI is InChI=1S/C18H29N/c1-3-5-11-18(16-9-7-6-8-10-16)19-17(4-2)14-15-12-13-15/h6-10,15,17-19H,3-5,11-14H2,1-2H3. The zero-order valence-electron chi connectivity index (χ0n) is 12.6. The molecule has 0 bridgehead atoms. The van der Waals surface area contributed by atoms with Crippen molar-refractivity contribution in [3.63, 3.8) is 0 Å². The van der Waals surface area contributed by atoms with Crippen molar-refractivity contribution in [3.8, 4) is 0 Å². The van der Waals surface area contributed by atoms with Crippen LogP contribution in [0.5, 0.6) is 0 Å². The fourth-order valence-corrected chi connectivity index (χ4v) is 2.83. The van der Waals surface area contributed by atoms with Gasteiger partial charge in [0, 0.05) is 12.1 Å². The molecular weight excluding hydrogens is 230 g/mol. The topological polar surface area (TPSA) is 12.0 Å². The highest BCUT2D eigenvalue weighted by atomic mass is 14.9. The Kier molecular flexibility index (Phi) is 5.91. The van der Waals surface area contributed by atoms with E-state index in [0.717, 1.165) is 5.92 Å². The van der Waals surface area contributed by atoms with Crippen molar-refractivity contribution in [2.45, 2.75) is 70.9 Å². The SMILES string of the molecule is CCCCC(NC(CC)CC1CC1)c1ccccc1. The van der Waals surface area contributed by atoms with Crippen molar-refractivity contribution >= 4 is 0 Å². The van der Waals surface area contributed by atoms with Crippen molar-refractivity contribution in [3.05, 3.63) is 35.9 Å². The lowest BCUT2D eigenvalue weighted by Gasteiger charge is -2.25. The molecule has 0 saturated heterocycles. The second-order valence-corrected chi connectivity index (χ2v) is 6.06. The van der Waals surface area contributed by atoms with Crippen LogP contribution in [0.1, 0.15) is 70.4 Å². The van der Waals surface area contributed by atoms with Gasteiger partial charge in [0.1, 0.15) is 0 Å². The molecule has 1 saturated carbocycles. The van der Waals surface area contributed by atoms with Crippen molar-refractivity contribution in [1.29, 1.82) is 0 Å². The fourth-order valence-electron chi connectivity index (χ4n) is 2.83. The summed E-state index contributed by atoms with van der Waals surface area (Å²) in [6.45, 7) is 4.60. The average molecular weight is 259 g/mol. The normalized spacial score (nSPS) is 18.2. The average Bonchev–Trinajstić information content (AvgIpc) is 3.27. The van der Waals surface area contributed by atoms with Crippen LogP contribution in [0, 0.1) is 5.92 Å². The summed E-state index contributed by atoms with van der Waals surface area (Å²) in [5.41, 5.74) is 1.46. The van der Waals surface area contributed by atoms with Crippen LogP contribution in [0.3, 0.4) is 0 Å². The second kappa shape index (κ2) is 7.69. The number of unbranched alkanes of at least 4 members (excludes halogenated alkanes) is 1. The van der Waals surface area contributed by atoms with Crippen LogP contribution in [-0.4, -0.2) is 6.04 Å². The third kappa shape index (κ3) is 4.99. The molecular formula is C18H29N. The van der Waals surface area contributed by atoms with E-state index in [1.165, 1.54) is 50.5 Å². The molecule has 1 aromatic rings. The van der Waals surface area contributed by atoms with Gasteiger partial charge in [0.2, 0.25) is 0 Å². The highest BCUT2D eigenvalue weighted by Crippen LogP contribution is 2.34. The zero-order chi connectivity index (χ0) is 13.5. The van der Waals surface area contributed by atoms with E-state index in [1.807, 2.05) is 0 Å². The number of hydrogen-bond acceptors (Lipinski definition) is 1. The Morgan fingerprint density at radius 3 is 2.47 bits per heavy atom. The Hall–Kier alpha value is -0.820. The molecule has 1 N–H and O–H groups in total. The van der Waals surface area contributed by atoms with Gasteiger partial charge >= 0.3 is 0 Å². The first-order chi connectivity index (χ1) is 9.33. The first-order valence-electron chi connectivity index (χ1n) is 8.14. The predicted molar refractivity (Wildman–Crippen MR) is 83.3 cm³/mol. The molecule has 0 heterocycles. The Morgan fingerprint density at radius 1 is 1.16 bits per heavy atom. The minimum Gasteiger partial charge on any atom is -0.307 e. The lowest BCUT2D eigenvalue weighted by atomic mass is 9.98. The van der Waals surface area contributed by atoms with E-state index >= 15 is 0 Å². The molecule has 0 radical (unpaired) electrons. The van der Waals surface area contributed by atoms with Crippen LogP contribution in [0.15, 0.2) is 30.3 Å². The van der Waals surface area contributed by atoms with Gasteiger partial charge in [0.15, 0.2) is 0 Å². The summed E-state index contributed by atoms with van der Waals surface area (Å²) in [6.07, 6.45) is 9.42. The molecule has 1 nitrogen and oxygen atoms in total. The molecule has 1 heteroatoms. The molecule has 2 atom stereocenters. The third-order valence-corrected chi connectivity index (χ3v) is 4.29. The molecule has 1 aromatic carbocycles. The molecule has 2 unspecified atom stereocenters. The molecule has 0 spiro atoms. The van der Waals surface area contributed by atoms with Crippen molar-refractivity contribution in [2.75, 3.05) is 0 Å². The van der Waals surface area contributed by atoms with Crippen LogP contribution in [0.25, 0.3) is 0 Å². The summed E-state index contributed by atoms with van der Waals surface area (Å²) in [5.74, 6) is 1.01. The minimum absolute atomic E-state index is 0.546. The summed E-state index contributed by atoms with van der Waals surface area (Å²) in [6, 6.07) is 12.2. The molecule has 0 amide bonds. The Labute approximate surface area is 118 Å². The van der Waals surface area contributed by atoms with Gasteiger partial charge in [0.05, 0.1) is 0 Å². The van der Waals surface area contributed by atoms with E-state index in [9.17, 15) is 0 Å². The van der Waals surface area contributed by atoms with Gasteiger partial charge < -0.3 is 5.32 Å². The first kappa shape index (κ1) is 14.6. The Balaban J connectivity index is 1.95. The van der Waals surface area contributed by atoms with Crippen molar-refractivity contribution in [2.24, 2.45) is 5.92 Å². The molecule has 1 fully saturated rings. The van der Waals surface area contributed by atoms with Crippen LogP contribution in [0.2, 0.25) is 0 Å². The monoisotopic (exact) mass is 259 g/mol. The fraction of sp³-hybridized carbons (Fsp3) is 0.667. The lowest BCUT2D eigenvalue weighted by molar-refractivity contribution is 0.371. The quantitative estimate of drug-likeness (QED) is 0.651. The van der Waals surface area contributed by atoms with E-state index in [1.54, 1.807) is 0 Å². The Morgan fingerprint density at radius 2 is 1.89 bits per heavy atom. The summed E-state index contributed by atoms with van der Waals surface area (Å²) in [7, 11) is 0. The number of benzene rings is 1. The molecule has 106 valence electrons. The highest BCUT2D eigenvalue weighted by Gasteiger charge is 2.26. The van der Waals surface area contributed by atoms with Crippen LogP contribution in [0.4, 0.5) is 0 Å². The van der Waals surface area contributed by atoms with E-state index in [2.05, 4.69) is 49.5 Å². The van der Waals surface area contributed by atoms with E-state index < -0.39 is 0 Å². The number of rotatable bonds is 9. The number of hydrogen-bond donors (Lipinski definition) is 1. The number of nitrogens with one attached hydrogen (secondary N) is 1.